The number of rotatable bonds is 6. The lowest BCUT2D eigenvalue weighted by molar-refractivity contribution is 0.672. The topological polar surface area (TPSA) is 16.4 Å². The molecular weight excluding hydrogens is 735 g/mol. The summed E-state index contributed by atoms with van der Waals surface area (Å²) >= 11 is 1.85. The number of furan rings is 1. The van der Waals surface area contributed by atoms with Crippen LogP contribution >= 0.6 is 11.3 Å². The van der Waals surface area contributed by atoms with Gasteiger partial charge in [0.1, 0.15) is 11.2 Å². The molecule has 0 fully saturated rings. The van der Waals surface area contributed by atoms with E-state index in [2.05, 4.69) is 217 Å². The Kier molecular flexibility index (Phi) is 7.75. The van der Waals surface area contributed by atoms with E-state index in [0.29, 0.717) is 0 Å². The molecule has 0 spiro atoms. The predicted molar refractivity (Wildman–Crippen MR) is 253 cm³/mol. The van der Waals surface area contributed by atoms with Crippen molar-refractivity contribution in [3.05, 3.63) is 212 Å². The minimum absolute atomic E-state index is 0.865. The summed E-state index contributed by atoms with van der Waals surface area (Å²) < 4.78 is 9.35. The van der Waals surface area contributed by atoms with Gasteiger partial charge in [-0.15, -0.1) is 11.3 Å². The zero-order valence-electron chi connectivity index (χ0n) is 32.0. The van der Waals surface area contributed by atoms with Gasteiger partial charge in [-0.05, 0) is 111 Å². The first-order valence-electron chi connectivity index (χ1n) is 20.1. The van der Waals surface area contributed by atoms with Gasteiger partial charge in [-0.1, -0.05) is 146 Å². The molecule has 2 heterocycles. The van der Waals surface area contributed by atoms with Crippen LogP contribution in [-0.2, 0) is 0 Å². The van der Waals surface area contributed by atoms with Crippen LogP contribution in [-0.4, -0.2) is 0 Å². The molecule has 0 atom stereocenters. The van der Waals surface area contributed by atoms with Crippen LogP contribution in [0.2, 0.25) is 0 Å². The summed E-state index contributed by atoms with van der Waals surface area (Å²) in [5.74, 6) is 0. The Morgan fingerprint density at radius 3 is 1.90 bits per heavy atom. The van der Waals surface area contributed by atoms with Crippen LogP contribution in [0.1, 0.15) is 0 Å². The van der Waals surface area contributed by atoms with Gasteiger partial charge in [0.15, 0.2) is 0 Å². The number of para-hydroxylation sites is 1. The fraction of sp³-hybridized carbons (Fsp3) is 0. The highest BCUT2D eigenvalue weighted by atomic mass is 32.1. The third kappa shape index (κ3) is 5.62. The average molecular weight is 770 g/mol. The number of hydrogen-bond donors (Lipinski definition) is 0. The van der Waals surface area contributed by atoms with Crippen LogP contribution in [0.15, 0.2) is 217 Å². The number of fused-ring (bicyclic) bond motifs is 9. The van der Waals surface area contributed by atoms with E-state index < -0.39 is 0 Å². The van der Waals surface area contributed by atoms with Crippen molar-refractivity contribution in [1.82, 2.24) is 0 Å². The third-order valence-electron chi connectivity index (χ3n) is 11.8. The average Bonchev–Trinajstić information content (AvgIpc) is 3.88. The first kappa shape index (κ1) is 33.7. The number of nitrogens with zero attached hydrogens (tertiary/aromatic N) is 1. The summed E-state index contributed by atoms with van der Waals surface area (Å²) in [6, 6.07) is 77.0. The second-order valence-electron chi connectivity index (χ2n) is 15.3. The van der Waals surface area contributed by atoms with Crippen LogP contribution < -0.4 is 4.90 Å². The number of thiophene rings is 1. The van der Waals surface area contributed by atoms with Crippen molar-refractivity contribution >= 4 is 92.1 Å². The molecule has 0 aliphatic carbocycles. The van der Waals surface area contributed by atoms with Crippen LogP contribution in [0, 0.1) is 0 Å². The van der Waals surface area contributed by atoms with Gasteiger partial charge in [-0.3, -0.25) is 0 Å². The minimum Gasteiger partial charge on any atom is -0.455 e. The lowest BCUT2D eigenvalue weighted by Crippen LogP contribution is -2.11. The Labute approximate surface area is 345 Å². The molecule has 59 heavy (non-hydrogen) atoms. The van der Waals surface area contributed by atoms with Crippen LogP contribution in [0.4, 0.5) is 17.1 Å². The normalized spacial score (nSPS) is 11.7. The van der Waals surface area contributed by atoms with Gasteiger partial charge in [-0.2, -0.15) is 0 Å². The first-order chi connectivity index (χ1) is 29.2. The van der Waals surface area contributed by atoms with Crippen molar-refractivity contribution in [2.24, 2.45) is 0 Å². The second kappa shape index (κ2) is 13.6. The van der Waals surface area contributed by atoms with Crippen molar-refractivity contribution in [2.45, 2.75) is 0 Å². The molecule has 276 valence electrons. The van der Waals surface area contributed by atoms with Crippen LogP contribution in [0.25, 0.3) is 97.0 Å². The molecular formula is C56H35NOS. The van der Waals surface area contributed by atoms with E-state index in [9.17, 15) is 0 Å². The van der Waals surface area contributed by atoms with Gasteiger partial charge in [0.2, 0.25) is 0 Å². The molecule has 3 heteroatoms. The van der Waals surface area contributed by atoms with Crippen molar-refractivity contribution < 1.29 is 4.42 Å². The highest BCUT2D eigenvalue weighted by Gasteiger charge is 2.23. The smallest absolute Gasteiger partial charge is 0.143 e. The fourth-order valence-corrected chi connectivity index (χ4v) is 10.1. The molecule has 0 radical (unpaired) electrons. The number of hydrogen-bond acceptors (Lipinski definition) is 3. The van der Waals surface area contributed by atoms with Crippen LogP contribution in [0.5, 0.6) is 0 Å². The van der Waals surface area contributed by atoms with E-state index in [0.717, 1.165) is 55.5 Å². The van der Waals surface area contributed by atoms with Crippen molar-refractivity contribution in [3.63, 3.8) is 0 Å². The monoisotopic (exact) mass is 769 g/mol. The maximum Gasteiger partial charge on any atom is 0.143 e. The Balaban J connectivity index is 1.03. The quantitative estimate of drug-likeness (QED) is 0.167. The molecule has 2 nitrogen and oxygen atoms in total. The Hall–Kier alpha value is -7.46. The molecule has 10 aromatic carbocycles. The summed E-state index contributed by atoms with van der Waals surface area (Å²) in [4.78, 5) is 2.42. The number of benzene rings is 10. The summed E-state index contributed by atoms with van der Waals surface area (Å²) in [6.07, 6.45) is 0. The third-order valence-corrected chi connectivity index (χ3v) is 13.0. The largest absolute Gasteiger partial charge is 0.455 e. The van der Waals surface area contributed by atoms with Crippen molar-refractivity contribution in [2.75, 3.05) is 4.90 Å². The minimum atomic E-state index is 0.865. The standard InChI is InChI=1S/C56H35NOS/c1-2-13-39-34-42(24-23-36(39)11-1)41-15-9-14-40(33-41)37-25-29-44(30-26-37)57(51-20-10-21-52-55(51)48-31-27-38-12-3-4-17-46(38)56(48)58-52)50-19-7-5-16-45(50)43-28-32-54-49(35-43)47-18-6-8-22-53(47)59-54/h1-35H. The number of anilines is 3. The van der Waals surface area contributed by atoms with E-state index in [4.69, 9.17) is 4.42 Å². The first-order valence-corrected chi connectivity index (χ1v) is 20.9. The molecule has 0 amide bonds. The molecule has 2 aromatic heterocycles. The van der Waals surface area contributed by atoms with Gasteiger partial charge in [-0.25, -0.2) is 0 Å². The maximum atomic E-state index is 6.75. The van der Waals surface area contributed by atoms with E-state index in [1.54, 1.807) is 0 Å². The molecule has 0 saturated carbocycles. The van der Waals surface area contributed by atoms with E-state index in [-0.39, 0.29) is 0 Å². The Bertz CT molecular complexity index is 3570. The molecule has 12 aromatic rings. The van der Waals surface area contributed by atoms with Gasteiger partial charge in [0.25, 0.3) is 0 Å². The van der Waals surface area contributed by atoms with Crippen molar-refractivity contribution in [1.29, 1.82) is 0 Å². The van der Waals surface area contributed by atoms with Crippen LogP contribution in [0.3, 0.4) is 0 Å². The Morgan fingerprint density at radius 1 is 0.356 bits per heavy atom. The highest BCUT2D eigenvalue weighted by molar-refractivity contribution is 7.25. The maximum absolute atomic E-state index is 6.75. The summed E-state index contributed by atoms with van der Waals surface area (Å²) in [6.45, 7) is 0. The molecule has 0 N–H and O–H groups in total. The predicted octanol–water partition coefficient (Wildman–Crippen LogP) is 16.7. The zero-order valence-corrected chi connectivity index (χ0v) is 32.8. The summed E-state index contributed by atoms with van der Waals surface area (Å²) in [7, 11) is 0. The molecule has 0 saturated heterocycles. The Morgan fingerprint density at radius 2 is 1.00 bits per heavy atom. The molecule has 12 rings (SSSR count). The fourth-order valence-electron chi connectivity index (χ4n) is 8.99. The van der Waals surface area contributed by atoms with E-state index in [1.165, 1.54) is 58.6 Å². The molecule has 0 aliphatic rings. The lowest BCUT2D eigenvalue weighted by atomic mass is 9.96. The summed E-state index contributed by atoms with van der Waals surface area (Å²) in [5.41, 5.74) is 12.1. The zero-order chi connectivity index (χ0) is 38.9. The van der Waals surface area contributed by atoms with Gasteiger partial charge in [0.05, 0.1) is 16.8 Å². The van der Waals surface area contributed by atoms with Gasteiger partial charge < -0.3 is 9.32 Å². The van der Waals surface area contributed by atoms with E-state index >= 15 is 0 Å². The summed E-state index contributed by atoms with van der Waals surface area (Å²) in [5, 5.41) is 9.56. The SMILES string of the molecule is c1cc(-c2ccc(N(c3ccccc3-c3ccc4sc5ccccc5c4c3)c3cccc4oc5c6ccccc6ccc5c34)cc2)cc(-c2ccc3ccccc3c2)c1. The van der Waals surface area contributed by atoms with Gasteiger partial charge in [0, 0.05) is 42.2 Å². The molecule has 0 unspecified atom stereocenters. The second-order valence-corrected chi connectivity index (χ2v) is 16.4. The lowest BCUT2D eigenvalue weighted by Gasteiger charge is -2.28. The molecule has 0 bridgehead atoms. The van der Waals surface area contributed by atoms with Crippen molar-refractivity contribution in [3.8, 4) is 33.4 Å². The van der Waals surface area contributed by atoms with Gasteiger partial charge >= 0.3 is 0 Å². The van der Waals surface area contributed by atoms with E-state index in [1.807, 2.05) is 11.3 Å². The highest BCUT2D eigenvalue weighted by Crippen LogP contribution is 2.48. The molecule has 0 aliphatic heterocycles.